The topological polar surface area (TPSA) is 88.9 Å². The third-order valence-corrected chi connectivity index (χ3v) is 3.54. The lowest BCUT2D eigenvalue weighted by atomic mass is 10.3. The highest BCUT2D eigenvalue weighted by atomic mass is 32.2. The average Bonchev–Trinajstić information content (AvgIpc) is 2.43. The molecule has 1 aromatic rings. The quantitative estimate of drug-likeness (QED) is 0.664. The third-order valence-electron chi connectivity index (χ3n) is 2.39. The maximum absolute atomic E-state index is 11.0. The second-order valence-electron chi connectivity index (χ2n) is 4.23. The molecule has 0 saturated heterocycles. The van der Waals surface area contributed by atoms with Crippen molar-refractivity contribution >= 4 is 17.7 Å². The molecule has 2 atom stereocenters. The van der Waals surface area contributed by atoms with Gasteiger partial charge in [0, 0.05) is 19.1 Å². The smallest absolute Gasteiger partial charge is 0.338 e. The highest BCUT2D eigenvalue weighted by Gasteiger charge is 2.14. The van der Waals surface area contributed by atoms with Gasteiger partial charge >= 0.3 is 5.97 Å². The fourth-order valence-electron chi connectivity index (χ4n) is 1.45. The fraction of sp³-hybridized carbons (Fsp3) is 0.538. The number of methoxy groups -OCH3 is 1. The van der Waals surface area contributed by atoms with Crippen LogP contribution in [0.15, 0.2) is 23.4 Å². The lowest BCUT2D eigenvalue weighted by Crippen LogP contribution is -2.24. The number of carboxylic acids is 1. The largest absolute Gasteiger partial charge is 0.478 e. The number of ether oxygens (including phenoxy) is 2. The van der Waals surface area contributed by atoms with Crippen molar-refractivity contribution < 1.29 is 24.5 Å². The summed E-state index contributed by atoms with van der Waals surface area (Å²) in [7, 11) is 1.58. The number of nitrogens with zero attached hydrogens (tertiary/aromatic N) is 1. The molecule has 0 aromatic carbocycles. The van der Waals surface area contributed by atoms with Crippen LogP contribution in [-0.4, -0.2) is 59.5 Å². The van der Waals surface area contributed by atoms with E-state index >= 15 is 0 Å². The Bertz CT molecular complexity index is 429. The van der Waals surface area contributed by atoms with Gasteiger partial charge in [-0.05, 0) is 19.1 Å². The molecule has 2 unspecified atom stereocenters. The maximum Gasteiger partial charge on any atom is 0.338 e. The van der Waals surface area contributed by atoms with E-state index in [1.165, 1.54) is 24.0 Å². The van der Waals surface area contributed by atoms with Crippen LogP contribution in [0.25, 0.3) is 0 Å². The summed E-state index contributed by atoms with van der Waals surface area (Å²) in [5.41, 5.74) is 0.137. The Morgan fingerprint density at radius 2 is 2.25 bits per heavy atom. The van der Waals surface area contributed by atoms with Crippen LogP contribution in [0.5, 0.6) is 0 Å². The number of aliphatic hydroxyl groups excluding tert-OH is 1. The number of thioether (sulfide) groups is 1. The molecule has 20 heavy (non-hydrogen) atoms. The molecule has 0 aliphatic rings. The van der Waals surface area contributed by atoms with Crippen LogP contribution < -0.4 is 0 Å². The van der Waals surface area contributed by atoms with Gasteiger partial charge in [-0.15, -0.1) is 11.8 Å². The first kappa shape index (κ1) is 16.9. The molecule has 0 radical (unpaired) electrons. The zero-order chi connectivity index (χ0) is 15.0. The van der Waals surface area contributed by atoms with Gasteiger partial charge in [0.05, 0.1) is 31.0 Å². The van der Waals surface area contributed by atoms with Gasteiger partial charge in [0.15, 0.2) is 0 Å². The zero-order valence-corrected chi connectivity index (χ0v) is 12.3. The molecule has 2 N–H and O–H groups in total. The molecule has 0 aliphatic heterocycles. The van der Waals surface area contributed by atoms with Crippen molar-refractivity contribution in [2.45, 2.75) is 24.2 Å². The highest BCUT2D eigenvalue weighted by Crippen LogP contribution is 2.20. The van der Waals surface area contributed by atoms with E-state index in [4.69, 9.17) is 14.6 Å². The van der Waals surface area contributed by atoms with Crippen LogP contribution in [-0.2, 0) is 9.47 Å². The average molecular weight is 301 g/mol. The van der Waals surface area contributed by atoms with E-state index in [2.05, 4.69) is 4.98 Å². The molecule has 1 aromatic heterocycles. The van der Waals surface area contributed by atoms with Crippen molar-refractivity contribution in [2.75, 3.05) is 26.1 Å². The summed E-state index contributed by atoms with van der Waals surface area (Å²) in [6.07, 6.45) is 0.741. The fourth-order valence-corrected chi connectivity index (χ4v) is 2.34. The van der Waals surface area contributed by atoms with E-state index < -0.39 is 12.1 Å². The number of aliphatic hydroxyl groups is 1. The summed E-state index contributed by atoms with van der Waals surface area (Å²) in [6, 6.07) is 3.06. The second-order valence-corrected chi connectivity index (χ2v) is 5.23. The molecule has 112 valence electrons. The molecule has 0 aliphatic carbocycles. The SMILES string of the molecule is COCC(C)OCC(O)CSc1ncccc1C(=O)O. The van der Waals surface area contributed by atoms with Crippen LogP contribution in [0.3, 0.4) is 0 Å². The molecule has 0 saturated carbocycles. The van der Waals surface area contributed by atoms with Gasteiger partial charge in [-0.25, -0.2) is 9.78 Å². The van der Waals surface area contributed by atoms with Gasteiger partial charge < -0.3 is 19.7 Å². The molecule has 0 spiro atoms. The summed E-state index contributed by atoms with van der Waals surface area (Å²) >= 11 is 1.20. The molecule has 0 fully saturated rings. The van der Waals surface area contributed by atoms with E-state index in [1.807, 2.05) is 6.92 Å². The number of aromatic nitrogens is 1. The van der Waals surface area contributed by atoms with Crippen LogP contribution >= 0.6 is 11.8 Å². The van der Waals surface area contributed by atoms with Crippen molar-refractivity contribution in [1.82, 2.24) is 4.98 Å². The predicted molar refractivity (Wildman–Crippen MR) is 75.2 cm³/mol. The number of carbonyl (C=O) groups is 1. The van der Waals surface area contributed by atoms with E-state index in [-0.39, 0.29) is 18.3 Å². The Labute approximate surface area is 122 Å². The first-order chi connectivity index (χ1) is 9.54. The molecular formula is C13H19NO5S. The minimum absolute atomic E-state index is 0.0934. The predicted octanol–water partition coefficient (Wildman–Crippen LogP) is 1.28. The van der Waals surface area contributed by atoms with Gasteiger partial charge in [-0.2, -0.15) is 0 Å². The van der Waals surface area contributed by atoms with Gasteiger partial charge in [0.25, 0.3) is 0 Å². The standard InChI is InChI=1S/C13H19NO5S/c1-9(6-18-2)19-7-10(15)8-20-12-11(13(16)17)4-3-5-14-12/h3-5,9-10,15H,6-8H2,1-2H3,(H,16,17). The summed E-state index contributed by atoms with van der Waals surface area (Å²) in [5, 5.41) is 19.2. The minimum Gasteiger partial charge on any atom is -0.478 e. The number of rotatable bonds is 9. The van der Waals surface area contributed by atoms with Crippen LogP contribution in [0, 0.1) is 0 Å². The van der Waals surface area contributed by atoms with Gasteiger partial charge in [0.2, 0.25) is 0 Å². The lowest BCUT2D eigenvalue weighted by Gasteiger charge is -2.15. The Balaban J connectivity index is 2.41. The minimum atomic E-state index is -1.03. The molecule has 6 nitrogen and oxygen atoms in total. The first-order valence-electron chi connectivity index (χ1n) is 6.14. The molecule has 1 rings (SSSR count). The van der Waals surface area contributed by atoms with Crippen molar-refractivity contribution in [3.8, 4) is 0 Å². The third kappa shape index (κ3) is 5.87. The summed E-state index contributed by atoms with van der Waals surface area (Å²) in [6.45, 7) is 2.49. The zero-order valence-electron chi connectivity index (χ0n) is 11.5. The Hall–Kier alpha value is -1.15. The molecule has 7 heteroatoms. The van der Waals surface area contributed by atoms with Crippen molar-refractivity contribution in [3.05, 3.63) is 23.9 Å². The molecule has 0 amide bonds. The molecule has 0 bridgehead atoms. The van der Waals surface area contributed by atoms with Gasteiger partial charge in [-0.1, -0.05) is 0 Å². The van der Waals surface area contributed by atoms with Crippen LogP contribution in [0.1, 0.15) is 17.3 Å². The maximum atomic E-state index is 11.0. The Morgan fingerprint density at radius 1 is 1.50 bits per heavy atom. The van der Waals surface area contributed by atoms with Crippen LogP contribution in [0.2, 0.25) is 0 Å². The van der Waals surface area contributed by atoms with E-state index in [1.54, 1.807) is 13.2 Å². The lowest BCUT2D eigenvalue weighted by molar-refractivity contribution is -0.0257. The number of aromatic carboxylic acids is 1. The Morgan fingerprint density at radius 3 is 2.90 bits per heavy atom. The van der Waals surface area contributed by atoms with Gasteiger partial charge in [0.1, 0.15) is 5.03 Å². The molecular weight excluding hydrogens is 282 g/mol. The van der Waals surface area contributed by atoms with E-state index in [9.17, 15) is 9.90 Å². The monoisotopic (exact) mass is 301 g/mol. The first-order valence-corrected chi connectivity index (χ1v) is 7.12. The van der Waals surface area contributed by atoms with Crippen molar-refractivity contribution in [2.24, 2.45) is 0 Å². The number of carboxylic acid groups (broad SMARTS) is 1. The summed E-state index contributed by atoms with van der Waals surface area (Å²) < 4.78 is 10.3. The van der Waals surface area contributed by atoms with E-state index in [0.29, 0.717) is 17.4 Å². The normalized spacial score (nSPS) is 13.9. The van der Waals surface area contributed by atoms with Crippen molar-refractivity contribution in [1.29, 1.82) is 0 Å². The van der Waals surface area contributed by atoms with E-state index in [0.717, 1.165) is 0 Å². The number of hydrogen-bond acceptors (Lipinski definition) is 6. The summed E-state index contributed by atoms with van der Waals surface area (Å²) in [5.74, 6) is -0.711. The van der Waals surface area contributed by atoms with Crippen LogP contribution in [0.4, 0.5) is 0 Å². The highest BCUT2D eigenvalue weighted by molar-refractivity contribution is 7.99. The Kier molecular flexibility index (Phi) is 7.53. The summed E-state index contributed by atoms with van der Waals surface area (Å²) in [4.78, 5) is 15.0. The number of pyridine rings is 1. The number of hydrogen-bond donors (Lipinski definition) is 2. The second kappa shape index (κ2) is 8.91. The van der Waals surface area contributed by atoms with Crippen molar-refractivity contribution in [3.63, 3.8) is 0 Å². The molecule has 1 heterocycles. The van der Waals surface area contributed by atoms with Gasteiger partial charge in [-0.3, -0.25) is 0 Å².